The smallest absolute Gasteiger partial charge is 0.0992 e. The summed E-state index contributed by atoms with van der Waals surface area (Å²) >= 11 is 0. The first-order valence-electron chi connectivity index (χ1n) is 13.2. The third-order valence-corrected chi connectivity index (χ3v) is 8.41. The number of piperidine rings is 1. The highest BCUT2D eigenvalue weighted by Gasteiger charge is 2.48. The number of hydrogen-bond donors (Lipinski definition) is 0. The Morgan fingerprint density at radius 2 is 1.70 bits per heavy atom. The molecule has 6 rings (SSSR count). The van der Waals surface area contributed by atoms with Gasteiger partial charge in [-0.25, -0.2) is 0 Å². The van der Waals surface area contributed by atoms with Gasteiger partial charge in [-0.1, -0.05) is 60.7 Å². The molecule has 0 radical (unpaired) electrons. The molecule has 0 N–H and O–H groups in total. The van der Waals surface area contributed by atoms with E-state index in [0.717, 1.165) is 62.4 Å². The zero-order chi connectivity index (χ0) is 25.4. The Balaban J connectivity index is 1.30. The Morgan fingerprint density at radius 3 is 2.41 bits per heavy atom. The molecule has 37 heavy (non-hydrogen) atoms. The molecular weight excluding hydrogens is 452 g/mol. The maximum Gasteiger partial charge on any atom is 0.0992 e. The first-order valence-corrected chi connectivity index (χ1v) is 13.2. The molecule has 0 amide bonds. The summed E-state index contributed by atoms with van der Waals surface area (Å²) in [6, 6.07) is 27.7. The van der Waals surface area contributed by atoms with Crippen LogP contribution in [0.2, 0.25) is 0 Å². The molecule has 1 saturated heterocycles. The highest BCUT2D eigenvalue weighted by molar-refractivity contribution is 5.82. The summed E-state index contributed by atoms with van der Waals surface area (Å²) < 4.78 is 0. The van der Waals surface area contributed by atoms with Gasteiger partial charge in [0.25, 0.3) is 0 Å². The maximum atomic E-state index is 9.65. The number of aliphatic imine (C=N–C) groups is 1. The van der Waals surface area contributed by atoms with Crippen molar-refractivity contribution in [1.29, 1.82) is 5.26 Å². The van der Waals surface area contributed by atoms with E-state index in [1.165, 1.54) is 28.0 Å². The maximum absolute atomic E-state index is 9.65. The molecule has 3 heterocycles. The highest BCUT2D eigenvalue weighted by atomic mass is 15.2. The van der Waals surface area contributed by atoms with E-state index in [1.54, 1.807) is 0 Å². The van der Waals surface area contributed by atoms with Crippen molar-refractivity contribution < 1.29 is 0 Å². The van der Waals surface area contributed by atoms with Crippen molar-refractivity contribution in [3.8, 4) is 17.2 Å². The number of nitriles is 1. The van der Waals surface area contributed by atoms with E-state index in [2.05, 4.69) is 90.2 Å². The number of rotatable bonds is 4. The summed E-state index contributed by atoms with van der Waals surface area (Å²) in [7, 11) is 0. The fraction of sp³-hybridized carbons (Fsp3) is 0.273. The van der Waals surface area contributed by atoms with Crippen molar-refractivity contribution in [2.75, 3.05) is 24.5 Å². The summed E-state index contributed by atoms with van der Waals surface area (Å²) in [6.45, 7) is 9.84. The van der Waals surface area contributed by atoms with Crippen molar-refractivity contribution in [2.45, 2.75) is 38.0 Å². The quantitative estimate of drug-likeness (QED) is 0.388. The number of hydrogen-bond acceptors (Lipinski definition) is 4. The Hall–Kier alpha value is -3.94. The van der Waals surface area contributed by atoms with Crippen molar-refractivity contribution in [1.82, 2.24) is 4.90 Å². The molecule has 4 nitrogen and oxygen atoms in total. The largest absolute Gasteiger partial charge is 0.314 e. The van der Waals surface area contributed by atoms with Crippen LogP contribution in [-0.2, 0) is 5.41 Å². The minimum absolute atomic E-state index is 0.114. The van der Waals surface area contributed by atoms with Gasteiger partial charge in [0.2, 0.25) is 0 Å². The zero-order valence-corrected chi connectivity index (χ0v) is 21.5. The minimum Gasteiger partial charge on any atom is -0.314 e. The van der Waals surface area contributed by atoms with Crippen LogP contribution >= 0.6 is 0 Å². The molecule has 1 fully saturated rings. The van der Waals surface area contributed by atoms with Crippen molar-refractivity contribution in [2.24, 2.45) is 4.99 Å². The molecule has 4 heteroatoms. The van der Waals surface area contributed by atoms with Crippen molar-refractivity contribution in [3.05, 3.63) is 107 Å². The standard InChI is InChI=1S/C33H32N4/c1-24-7-6-18-35-31(24)23-36-19-16-33(17-20-36)25(2)37(32-21-26(22-34)10-15-30(32)33)29-13-11-28(12-14-29)27-8-4-3-5-9-27/h3-5,8-15,18,21H,2,6-7,16-17,19-20,23H2,1H3. The van der Waals surface area contributed by atoms with E-state index in [9.17, 15) is 5.26 Å². The van der Waals surface area contributed by atoms with Crippen LogP contribution in [0, 0.1) is 11.3 Å². The number of nitrogens with zero attached hydrogens (tertiary/aromatic N) is 4. The first-order chi connectivity index (χ1) is 18.1. The molecule has 0 unspecified atom stereocenters. The van der Waals surface area contributed by atoms with Gasteiger partial charge in [0.15, 0.2) is 0 Å². The highest BCUT2D eigenvalue weighted by Crippen LogP contribution is 2.55. The lowest BCUT2D eigenvalue weighted by molar-refractivity contribution is 0.191. The zero-order valence-electron chi connectivity index (χ0n) is 21.5. The summed E-state index contributed by atoms with van der Waals surface area (Å²) in [4.78, 5) is 9.53. The normalized spacial score (nSPS) is 18.8. The molecule has 184 valence electrons. The van der Waals surface area contributed by atoms with E-state index < -0.39 is 0 Å². The number of fused-ring (bicyclic) bond motifs is 2. The van der Waals surface area contributed by atoms with E-state index in [4.69, 9.17) is 4.99 Å². The molecule has 0 aliphatic carbocycles. The van der Waals surface area contributed by atoms with E-state index >= 15 is 0 Å². The Labute approximate surface area is 219 Å². The lowest BCUT2D eigenvalue weighted by atomic mass is 9.72. The van der Waals surface area contributed by atoms with E-state index in [-0.39, 0.29) is 5.41 Å². The fourth-order valence-corrected chi connectivity index (χ4v) is 6.18. The summed E-state index contributed by atoms with van der Waals surface area (Å²) in [5.74, 6) is 0. The minimum atomic E-state index is -0.114. The second kappa shape index (κ2) is 9.50. The van der Waals surface area contributed by atoms with Crippen LogP contribution in [0.5, 0.6) is 0 Å². The first kappa shape index (κ1) is 23.5. The van der Waals surface area contributed by atoms with E-state index in [0.29, 0.717) is 5.56 Å². The second-order valence-electron chi connectivity index (χ2n) is 10.5. The van der Waals surface area contributed by atoms with Gasteiger partial charge >= 0.3 is 0 Å². The van der Waals surface area contributed by atoms with Gasteiger partial charge in [0.1, 0.15) is 0 Å². The van der Waals surface area contributed by atoms with Gasteiger partial charge in [-0.05, 0) is 86.7 Å². The number of benzene rings is 3. The SMILES string of the molecule is C=C1N(c2ccc(-c3ccccc3)cc2)c2cc(C#N)ccc2C12CCN(CC1=C(C)CCC=N1)CC2. The van der Waals surface area contributed by atoms with Crippen LogP contribution in [-0.4, -0.2) is 30.7 Å². The molecule has 3 aliphatic heterocycles. The summed E-state index contributed by atoms with van der Waals surface area (Å²) in [5.41, 5.74) is 10.3. The van der Waals surface area contributed by atoms with Crippen molar-refractivity contribution in [3.63, 3.8) is 0 Å². The molecule has 0 atom stereocenters. The van der Waals surface area contributed by atoms with Gasteiger partial charge in [0, 0.05) is 29.6 Å². The monoisotopic (exact) mass is 484 g/mol. The Kier molecular flexibility index (Phi) is 6.02. The van der Waals surface area contributed by atoms with Crippen molar-refractivity contribution >= 4 is 17.6 Å². The average molecular weight is 485 g/mol. The third-order valence-electron chi connectivity index (χ3n) is 8.41. The number of anilines is 2. The molecule has 3 aliphatic rings. The lowest BCUT2D eigenvalue weighted by Crippen LogP contribution is -2.44. The van der Waals surface area contributed by atoms with Crippen LogP contribution in [0.1, 0.15) is 43.7 Å². The number of allylic oxidation sites excluding steroid dienone is 2. The van der Waals surface area contributed by atoms with Crippen LogP contribution in [0.15, 0.2) is 101 Å². The molecule has 3 aromatic rings. The van der Waals surface area contributed by atoms with Gasteiger partial charge in [0.05, 0.1) is 23.0 Å². The fourth-order valence-electron chi connectivity index (χ4n) is 6.18. The van der Waals surface area contributed by atoms with E-state index in [1.807, 2.05) is 18.2 Å². The molecule has 0 bridgehead atoms. The second-order valence-corrected chi connectivity index (χ2v) is 10.5. The average Bonchev–Trinajstić information content (AvgIpc) is 3.18. The molecule has 0 aromatic heterocycles. The van der Waals surface area contributed by atoms with Crippen LogP contribution in [0.4, 0.5) is 11.4 Å². The topological polar surface area (TPSA) is 42.6 Å². The lowest BCUT2D eigenvalue weighted by Gasteiger charge is -2.41. The predicted octanol–water partition coefficient (Wildman–Crippen LogP) is 7.36. The Bertz CT molecular complexity index is 1430. The molecule has 3 aromatic carbocycles. The molecule has 0 saturated carbocycles. The van der Waals surface area contributed by atoms with Gasteiger partial charge in [-0.15, -0.1) is 0 Å². The van der Waals surface area contributed by atoms with Gasteiger partial charge < -0.3 is 4.90 Å². The number of likely N-dealkylation sites (tertiary alicyclic amines) is 1. The molecular formula is C33H32N4. The van der Waals surface area contributed by atoms with Gasteiger partial charge in [-0.2, -0.15) is 5.26 Å². The summed E-state index contributed by atoms with van der Waals surface area (Å²) in [6.07, 6.45) is 6.28. The molecule has 1 spiro atoms. The summed E-state index contributed by atoms with van der Waals surface area (Å²) in [5, 5.41) is 9.65. The Morgan fingerprint density at radius 1 is 0.973 bits per heavy atom. The third kappa shape index (κ3) is 4.10. The van der Waals surface area contributed by atoms with Crippen LogP contribution in [0.3, 0.4) is 0 Å². The van der Waals surface area contributed by atoms with Crippen LogP contribution < -0.4 is 4.90 Å². The van der Waals surface area contributed by atoms with Gasteiger partial charge in [-0.3, -0.25) is 9.89 Å². The predicted molar refractivity (Wildman–Crippen MR) is 152 cm³/mol. The van der Waals surface area contributed by atoms with Crippen LogP contribution in [0.25, 0.3) is 11.1 Å².